The van der Waals surface area contributed by atoms with Crippen LogP contribution in [0.3, 0.4) is 0 Å². The molecule has 0 spiro atoms. The van der Waals surface area contributed by atoms with Crippen LogP contribution >= 0.6 is 0 Å². The smallest absolute Gasteiger partial charge is 0.154 e. The lowest BCUT2D eigenvalue weighted by Crippen LogP contribution is -1.95. The highest BCUT2D eigenvalue weighted by Crippen LogP contribution is 2.26. The van der Waals surface area contributed by atoms with Gasteiger partial charge in [-0.2, -0.15) is 5.10 Å². The minimum atomic E-state index is 0.788. The molecule has 0 saturated heterocycles. The van der Waals surface area contributed by atoms with Gasteiger partial charge in [0, 0.05) is 35.3 Å². The Morgan fingerprint density at radius 2 is 1.65 bits per heavy atom. The fourth-order valence-corrected chi connectivity index (χ4v) is 2.93. The molecule has 0 amide bonds. The van der Waals surface area contributed by atoms with E-state index >= 15 is 0 Å². The van der Waals surface area contributed by atoms with Gasteiger partial charge < -0.3 is 4.42 Å². The molecule has 6 nitrogen and oxygen atoms in total. The van der Waals surface area contributed by atoms with Gasteiger partial charge in [0.25, 0.3) is 0 Å². The molecule has 0 fully saturated rings. The second kappa shape index (κ2) is 5.93. The highest BCUT2D eigenvalue weighted by molar-refractivity contribution is 5.71. The predicted octanol–water partition coefficient (Wildman–Crippen LogP) is 4.11. The molecule has 0 aliphatic carbocycles. The lowest BCUT2D eigenvalue weighted by Gasteiger charge is -2.05. The van der Waals surface area contributed by atoms with Crippen molar-refractivity contribution in [1.29, 1.82) is 0 Å². The van der Waals surface area contributed by atoms with Crippen LogP contribution < -0.4 is 0 Å². The molecule has 0 N–H and O–H groups in total. The standard InChI is InChI=1S/C20H13N5O/c1-5-21-6-2-14(1)17-10-20-23-12-19(25(20)24-11-17)15-3-7-22-18(9-15)16-4-8-26-13-16/h1-13H. The molecule has 6 heteroatoms. The second-order valence-electron chi connectivity index (χ2n) is 5.84. The Kier molecular flexibility index (Phi) is 3.31. The van der Waals surface area contributed by atoms with Crippen molar-refractivity contribution in [3.8, 4) is 33.6 Å². The third kappa shape index (κ3) is 2.44. The van der Waals surface area contributed by atoms with Gasteiger partial charge in [-0.1, -0.05) is 0 Å². The molecule has 26 heavy (non-hydrogen) atoms. The Labute approximate surface area is 148 Å². The van der Waals surface area contributed by atoms with Gasteiger partial charge in [0.1, 0.15) is 0 Å². The lowest BCUT2D eigenvalue weighted by molar-refractivity contribution is 0.568. The van der Waals surface area contributed by atoms with Crippen molar-refractivity contribution < 1.29 is 4.42 Å². The molecule has 0 bridgehead atoms. The van der Waals surface area contributed by atoms with Crippen molar-refractivity contribution in [3.05, 3.63) is 79.9 Å². The van der Waals surface area contributed by atoms with Gasteiger partial charge in [-0.25, -0.2) is 9.50 Å². The van der Waals surface area contributed by atoms with E-state index in [1.165, 1.54) is 0 Å². The zero-order valence-corrected chi connectivity index (χ0v) is 13.6. The Hall–Kier alpha value is -3.80. The van der Waals surface area contributed by atoms with Crippen molar-refractivity contribution >= 4 is 5.65 Å². The van der Waals surface area contributed by atoms with Gasteiger partial charge in [0.05, 0.1) is 36.3 Å². The summed E-state index contributed by atoms with van der Waals surface area (Å²) >= 11 is 0. The summed E-state index contributed by atoms with van der Waals surface area (Å²) in [5.74, 6) is 0. The number of pyridine rings is 2. The van der Waals surface area contributed by atoms with E-state index in [1.54, 1.807) is 31.1 Å². The van der Waals surface area contributed by atoms with Crippen molar-refractivity contribution in [2.75, 3.05) is 0 Å². The average Bonchev–Trinajstić information content (AvgIpc) is 3.38. The lowest BCUT2D eigenvalue weighted by atomic mass is 10.1. The van der Waals surface area contributed by atoms with Crippen molar-refractivity contribution in [2.24, 2.45) is 0 Å². The minimum absolute atomic E-state index is 0.788. The Bertz CT molecular complexity index is 1180. The van der Waals surface area contributed by atoms with Crippen LogP contribution in [0.2, 0.25) is 0 Å². The number of furan rings is 1. The molecule has 5 aromatic rings. The second-order valence-corrected chi connectivity index (χ2v) is 5.84. The SMILES string of the molecule is c1cc(-c2cnn3c(-c4ccnc(-c5ccoc5)c4)cnc3c2)ccn1. The number of fused-ring (bicyclic) bond motifs is 1. The van der Waals surface area contributed by atoms with E-state index in [-0.39, 0.29) is 0 Å². The molecule has 124 valence electrons. The summed E-state index contributed by atoms with van der Waals surface area (Å²) in [5, 5.41) is 4.58. The Morgan fingerprint density at radius 3 is 2.50 bits per heavy atom. The van der Waals surface area contributed by atoms with E-state index in [2.05, 4.69) is 20.1 Å². The van der Waals surface area contributed by atoms with Crippen LogP contribution in [0.4, 0.5) is 0 Å². The summed E-state index contributed by atoms with van der Waals surface area (Å²) in [6, 6.07) is 11.8. The molecule has 5 aromatic heterocycles. The van der Waals surface area contributed by atoms with Gasteiger partial charge in [0.2, 0.25) is 0 Å². The number of nitrogens with zero attached hydrogens (tertiary/aromatic N) is 5. The summed E-state index contributed by atoms with van der Waals surface area (Å²) in [6.45, 7) is 0. The van der Waals surface area contributed by atoms with Gasteiger partial charge >= 0.3 is 0 Å². The number of imidazole rings is 1. The number of aromatic nitrogens is 5. The summed E-state index contributed by atoms with van der Waals surface area (Å²) in [7, 11) is 0. The van der Waals surface area contributed by atoms with Crippen LogP contribution in [0, 0.1) is 0 Å². The first kappa shape index (κ1) is 14.5. The molecule has 0 aliphatic rings. The van der Waals surface area contributed by atoms with E-state index < -0.39 is 0 Å². The fourth-order valence-electron chi connectivity index (χ4n) is 2.93. The number of hydrogen-bond acceptors (Lipinski definition) is 5. The zero-order chi connectivity index (χ0) is 17.3. The first-order chi connectivity index (χ1) is 12.9. The van der Waals surface area contributed by atoms with Crippen LogP contribution in [-0.2, 0) is 0 Å². The van der Waals surface area contributed by atoms with Gasteiger partial charge in [0.15, 0.2) is 5.65 Å². The molecule has 0 atom stereocenters. The fraction of sp³-hybridized carbons (Fsp3) is 0. The van der Waals surface area contributed by atoms with Crippen molar-refractivity contribution in [1.82, 2.24) is 24.6 Å². The quantitative estimate of drug-likeness (QED) is 0.495. The van der Waals surface area contributed by atoms with E-state index in [1.807, 2.05) is 53.3 Å². The topological polar surface area (TPSA) is 69.1 Å². The van der Waals surface area contributed by atoms with Crippen LogP contribution in [0.15, 0.2) is 84.3 Å². The number of rotatable bonds is 3. The molecular weight excluding hydrogens is 326 g/mol. The van der Waals surface area contributed by atoms with E-state index in [4.69, 9.17) is 4.42 Å². The summed E-state index contributed by atoms with van der Waals surface area (Å²) in [6.07, 6.45) is 12.3. The van der Waals surface area contributed by atoms with Gasteiger partial charge in [-0.15, -0.1) is 0 Å². The number of hydrogen-bond donors (Lipinski definition) is 0. The first-order valence-corrected chi connectivity index (χ1v) is 8.12. The van der Waals surface area contributed by atoms with E-state index in [0.717, 1.165) is 39.3 Å². The van der Waals surface area contributed by atoms with E-state index in [9.17, 15) is 0 Å². The third-order valence-electron chi connectivity index (χ3n) is 4.25. The Balaban J connectivity index is 1.59. The van der Waals surface area contributed by atoms with Gasteiger partial charge in [-0.3, -0.25) is 9.97 Å². The maximum Gasteiger partial charge on any atom is 0.154 e. The average molecular weight is 339 g/mol. The Morgan fingerprint density at radius 1 is 0.769 bits per heavy atom. The van der Waals surface area contributed by atoms with Crippen LogP contribution in [0.5, 0.6) is 0 Å². The highest BCUT2D eigenvalue weighted by atomic mass is 16.3. The van der Waals surface area contributed by atoms with Crippen molar-refractivity contribution in [3.63, 3.8) is 0 Å². The van der Waals surface area contributed by atoms with E-state index in [0.29, 0.717) is 0 Å². The molecule has 0 radical (unpaired) electrons. The molecule has 5 heterocycles. The highest BCUT2D eigenvalue weighted by Gasteiger charge is 2.10. The van der Waals surface area contributed by atoms with Crippen LogP contribution in [-0.4, -0.2) is 24.6 Å². The summed E-state index contributed by atoms with van der Waals surface area (Å²) in [5.41, 5.74) is 6.54. The van der Waals surface area contributed by atoms with Crippen LogP contribution in [0.25, 0.3) is 39.3 Å². The van der Waals surface area contributed by atoms with Crippen LogP contribution in [0.1, 0.15) is 0 Å². The maximum absolute atomic E-state index is 5.15. The van der Waals surface area contributed by atoms with Crippen molar-refractivity contribution in [2.45, 2.75) is 0 Å². The summed E-state index contributed by atoms with van der Waals surface area (Å²) < 4.78 is 6.98. The molecule has 0 unspecified atom stereocenters. The molecule has 0 aromatic carbocycles. The monoisotopic (exact) mass is 339 g/mol. The van der Waals surface area contributed by atoms with Gasteiger partial charge in [-0.05, 0) is 42.0 Å². The zero-order valence-electron chi connectivity index (χ0n) is 13.6. The normalized spacial score (nSPS) is 11.1. The predicted molar refractivity (Wildman–Crippen MR) is 97.2 cm³/mol. The first-order valence-electron chi connectivity index (χ1n) is 8.12. The molecule has 0 aliphatic heterocycles. The molecular formula is C20H13N5O. The third-order valence-corrected chi connectivity index (χ3v) is 4.25. The largest absolute Gasteiger partial charge is 0.472 e. The maximum atomic E-state index is 5.15. The summed E-state index contributed by atoms with van der Waals surface area (Å²) in [4.78, 5) is 13.0. The molecule has 5 rings (SSSR count). The minimum Gasteiger partial charge on any atom is -0.472 e. The molecule has 0 saturated carbocycles.